The maximum Gasteiger partial charge on any atom is 0.325 e. The zero-order chi connectivity index (χ0) is 9.72. The third-order valence-corrected chi connectivity index (χ3v) is 1.04. The van der Waals surface area contributed by atoms with Crippen LogP contribution in [0.1, 0.15) is 0 Å². The van der Waals surface area contributed by atoms with Crippen molar-refractivity contribution in [2.24, 2.45) is 5.10 Å². The zero-order valence-electron chi connectivity index (χ0n) is 6.20. The standard InChI is InChI=1S/C6H8F2N2O2/c1-4(6(7)8)10(9-2)3-5(11)12/h6H,1-3H2,(H,11,12). The van der Waals surface area contributed by atoms with E-state index in [0.29, 0.717) is 5.01 Å². The van der Waals surface area contributed by atoms with E-state index in [9.17, 15) is 13.6 Å². The van der Waals surface area contributed by atoms with Crippen LogP contribution >= 0.6 is 0 Å². The normalized spacial score (nSPS) is 9.58. The average Bonchev–Trinajstić information content (AvgIpc) is 1.98. The van der Waals surface area contributed by atoms with E-state index in [2.05, 4.69) is 18.4 Å². The molecule has 0 spiro atoms. The Balaban J connectivity index is 4.24. The van der Waals surface area contributed by atoms with Crippen LogP contribution in [-0.2, 0) is 4.79 Å². The smallest absolute Gasteiger partial charge is 0.325 e. The predicted molar refractivity (Wildman–Crippen MR) is 39.0 cm³/mol. The Bertz CT molecular complexity index is 206. The number of carboxylic acid groups (broad SMARTS) is 1. The first kappa shape index (κ1) is 10.5. The third kappa shape index (κ3) is 3.09. The van der Waals surface area contributed by atoms with E-state index in [1.165, 1.54) is 0 Å². The second kappa shape index (κ2) is 4.42. The van der Waals surface area contributed by atoms with Crippen LogP contribution in [0.3, 0.4) is 0 Å². The lowest BCUT2D eigenvalue weighted by atomic mass is 10.4. The first-order valence-corrected chi connectivity index (χ1v) is 2.92. The predicted octanol–water partition coefficient (Wildman–Crippen LogP) is 0.767. The maximum atomic E-state index is 11.9. The van der Waals surface area contributed by atoms with Gasteiger partial charge in [-0.25, -0.2) is 8.78 Å². The molecule has 0 amide bonds. The Hall–Kier alpha value is -1.46. The molecular weight excluding hydrogens is 170 g/mol. The van der Waals surface area contributed by atoms with E-state index in [0.717, 1.165) is 0 Å². The Morgan fingerprint density at radius 3 is 2.42 bits per heavy atom. The molecule has 0 aliphatic carbocycles. The van der Waals surface area contributed by atoms with Crippen LogP contribution in [0, 0.1) is 0 Å². The number of hydrogen-bond donors (Lipinski definition) is 1. The Labute approximate surface area is 67.8 Å². The van der Waals surface area contributed by atoms with Crippen LogP contribution in [0.25, 0.3) is 0 Å². The summed E-state index contributed by atoms with van der Waals surface area (Å²) in [4.78, 5) is 10.1. The van der Waals surface area contributed by atoms with Crippen LogP contribution in [0.4, 0.5) is 8.78 Å². The average molecular weight is 178 g/mol. The first-order valence-electron chi connectivity index (χ1n) is 2.92. The van der Waals surface area contributed by atoms with E-state index < -0.39 is 24.6 Å². The number of carbonyl (C=O) groups is 1. The number of aliphatic carboxylic acids is 1. The lowest BCUT2D eigenvalue weighted by Gasteiger charge is -2.17. The van der Waals surface area contributed by atoms with E-state index >= 15 is 0 Å². The summed E-state index contributed by atoms with van der Waals surface area (Å²) in [7, 11) is 0. The summed E-state index contributed by atoms with van der Waals surface area (Å²) in [5.74, 6) is -1.27. The van der Waals surface area contributed by atoms with Crippen LogP contribution in [-0.4, -0.2) is 35.8 Å². The molecule has 4 nitrogen and oxygen atoms in total. The molecule has 12 heavy (non-hydrogen) atoms. The Morgan fingerprint density at radius 1 is 1.67 bits per heavy atom. The van der Waals surface area contributed by atoms with Crippen molar-refractivity contribution in [3.8, 4) is 0 Å². The van der Waals surface area contributed by atoms with Gasteiger partial charge in [-0.3, -0.25) is 9.80 Å². The number of rotatable bonds is 5. The van der Waals surface area contributed by atoms with Crippen molar-refractivity contribution in [3.63, 3.8) is 0 Å². The van der Waals surface area contributed by atoms with Crippen molar-refractivity contribution in [2.75, 3.05) is 6.54 Å². The highest BCUT2D eigenvalue weighted by molar-refractivity contribution is 5.69. The minimum absolute atomic E-state index is 0.535. The zero-order valence-corrected chi connectivity index (χ0v) is 6.20. The molecule has 0 saturated carbocycles. The molecular formula is C6H8F2N2O2. The summed E-state index contributed by atoms with van der Waals surface area (Å²) in [6, 6.07) is 0. The second-order valence-electron chi connectivity index (χ2n) is 1.88. The number of hydrazone groups is 1. The van der Waals surface area contributed by atoms with E-state index in [4.69, 9.17) is 5.11 Å². The van der Waals surface area contributed by atoms with Crippen LogP contribution in [0.2, 0.25) is 0 Å². The fourth-order valence-corrected chi connectivity index (χ4v) is 0.483. The summed E-state index contributed by atoms with van der Waals surface area (Å²) in [5, 5.41) is 11.8. The van der Waals surface area contributed by atoms with Gasteiger partial charge < -0.3 is 5.11 Å². The molecule has 0 fully saturated rings. The molecule has 1 N–H and O–H groups in total. The third-order valence-electron chi connectivity index (χ3n) is 1.04. The van der Waals surface area contributed by atoms with E-state index in [1.54, 1.807) is 0 Å². The lowest BCUT2D eigenvalue weighted by molar-refractivity contribution is -0.138. The van der Waals surface area contributed by atoms with Crippen LogP contribution in [0.5, 0.6) is 0 Å². The van der Waals surface area contributed by atoms with Crippen molar-refractivity contribution in [1.29, 1.82) is 0 Å². The van der Waals surface area contributed by atoms with Gasteiger partial charge in [0.05, 0.1) is 5.70 Å². The molecule has 0 heterocycles. The van der Waals surface area contributed by atoms with Crippen molar-refractivity contribution in [1.82, 2.24) is 5.01 Å². The molecule has 0 aliphatic heterocycles. The van der Waals surface area contributed by atoms with E-state index in [1.807, 2.05) is 0 Å². The van der Waals surface area contributed by atoms with Gasteiger partial charge in [-0.1, -0.05) is 6.58 Å². The minimum atomic E-state index is -2.82. The molecule has 0 aliphatic rings. The fourth-order valence-electron chi connectivity index (χ4n) is 0.483. The quantitative estimate of drug-likeness (QED) is 0.499. The maximum absolute atomic E-state index is 11.9. The highest BCUT2D eigenvalue weighted by atomic mass is 19.3. The highest BCUT2D eigenvalue weighted by Crippen LogP contribution is 2.11. The van der Waals surface area contributed by atoms with Gasteiger partial charge in [0.25, 0.3) is 6.43 Å². The van der Waals surface area contributed by atoms with Gasteiger partial charge in [-0.15, -0.1) is 0 Å². The van der Waals surface area contributed by atoms with Gasteiger partial charge in [-0.2, -0.15) is 5.10 Å². The number of carboxylic acids is 1. The molecule has 0 aromatic carbocycles. The first-order chi connectivity index (χ1) is 5.49. The molecule has 68 valence electrons. The fraction of sp³-hybridized carbons (Fsp3) is 0.333. The molecule has 6 heteroatoms. The summed E-state index contributed by atoms with van der Waals surface area (Å²) < 4.78 is 23.8. The number of nitrogens with zero attached hydrogens (tertiary/aromatic N) is 2. The largest absolute Gasteiger partial charge is 0.480 e. The summed E-state index contributed by atoms with van der Waals surface area (Å²) >= 11 is 0. The Morgan fingerprint density at radius 2 is 2.17 bits per heavy atom. The minimum Gasteiger partial charge on any atom is -0.480 e. The summed E-state index contributed by atoms with van der Waals surface area (Å²) in [6.45, 7) is 5.23. The lowest BCUT2D eigenvalue weighted by Crippen LogP contribution is -2.26. The van der Waals surface area contributed by atoms with Crippen molar-refractivity contribution >= 4 is 12.7 Å². The van der Waals surface area contributed by atoms with Gasteiger partial charge in [0.15, 0.2) is 0 Å². The number of allylic oxidation sites excluding steroid dienone is 1. The topological polar surface area (TPSA) is 52.9 Å². The SMILES string of the molecule is C=NN(CC(=O)O)C(=C)C(F)F. The monoisotopic (exact) mass is 178 g/mol. The van der Waals surface area contributed by atoms with Gasteiger partial charge in [0, 0.05) is 6.72 Å². The van der Waals surface area contributed by atoms with Crippen LogP contribution in [0.15, 0.2) is 17.4 Å². The van der Waals surface area contributed by atoms with Gasteiger partial charge in [0.1, 0.15) is 6.54 Å². The number of halogens is 2. The summed E-state index contributed by atoms with van der Waals surface area (Å²) in [6.07, 6.45) is -2.82. The van der Waals surface area contributed by atoms with Crippen LogP contribution < -0.4 is 0 Å². The number of hydrogen-bond acceptors (Lipinski definition) is 3. The molecule has 0 rings (SSSR count). The molecule has 0 radical (unpaired) electrons. The van der Waals surface area contributed by atoms with Crippen molar-refractivity contribution < 1.29 is 18.7 Å². The summed E-state index contributed by atoms with van der Waals surface area (Å²) in [5.41, 5.74) is -0.674. The number of alkyl halides is 2. The highest BCUT2D eigenvalue weighted by Gasteiger charge is 2.17. The van der Waals surface area contributed by atoms with Gasteiger partial charge in [0.2, 0.25) is 0 Å². The molecule has 0 unspecified atom stereocenters. The molecule has 0 atom stereocenters. The van der Waals surface area contributed by atoms with Crippen molar-refractivity contribution in [2.45, 2.75) is 6.43 Å². The molecule has 0 aromatic rings. The molecule has 0 aromatic heterocycles. The van der Waals surface area contributed by atoms with Gasteiger partial charge in [-0.05, 0) is 0 Å². The second-order valence-corrected chi connectivity index (χ2v) is 1.88. The molecule has 0 bridgehead atoms. The van der Waals surface area contributed by atoms with Gasteiger partial charge >= 0.3 is 5.97 Å². The molecule has 0 saturated heterocycles. The van der Waals surface area contributed by atoms with E-state index in [-0.39, 0.29) is 0 Å². The van der Waals surface area contributed by atoms with Crippen molar-refractivity contribution in [3.05, 3.63) is 12.3 Å². The Kier molecular flexibility index (Phi) is 3.89.